The molecule has 0 spiro atoms. The van der Waals surface area contributed by atoms with Gasteiger partial charge >= 0.3 is 0 Å². The molecule has 0 unspecified atom stereocenters. The van der Waals surface area contributed by atoms with E-state index in [4.69, 9.17) is 4.74 Å². The van der Waals surface area contributed by atoms with Crippen molar-refractivity contribution in [3.63, 3.8) is 0 Å². The van der Waals surface area contributed by atoms with Crippen LogP contribution in [0.1, 0.15) is 6.42 Å². The van der Waals surface area contributed by atoms with Crippen molar-refractivity contribution < 1.29 is 21.6 Å². The van der Waals surface area contributed by atoms with Crippen molar-refractivity contribution in [3.05, 3.63) is 53.0 Å². The summed E-state index contributed by atoms with van der Waals surface area (Å²) in [5.74, 6) is 0.251. The number of hydrogen-bond donors (Lipinski definition) is 0. The lowest BCUT2D eigenvalue weighted by molar-refractivity contribution is 0.388. The van der Waals surface area contributed by atoms with E-state index in [9.17, 15) is 16.8 Å². The van der Waals surface area contributed by atoms with Gasteiger partial charge in [-0.25, -0.2) is 16.8 Å². The zero-order valence-corrected chi connectivity index (χ0v) is 18.5. The zero-order valence-electron chi connectivity index (χ0n) is 15.3. The van der Waals surface area contributed by atoms with Crippen LogP contribution in [-0.4, -0.2) is 58.7 Å². The molecule has 1 fully saturated rings. The molecule has 1 heterocycles. The first-order valence-electron chi connectivity index (χ1n) is 8.66. The third-order valence-electron chi connectivity index (χ3n) is 4.54. The van der Waals surface area contributed by atoms with Crippen LogP contribution in [0.2, 0.25) is 0 Å². The van der Waals surface area contributed by atoms with Gasteiger partial charge in [-0.05, 0) is 36.8 Å². The van der Waals surface area contributed by atoms with Crippen LogP contribution in [0, 0.1) is 0 Å². The second-order valence-electron chi connectivity index (χ2n) is 6.27. The quantitative estimate of drug-likeness (QED) is 0.645. The van der Waals surface area contributed by atoms with Crippen LogP contribution in [-0.2, 0) is 20.0 Å². The normalized spacial score (nSPS) is 17.2. The molecule has 0 N–H and O–H groups in total. The number of hydrogen-bond acceptors (Lipinski definition) is 5. The Morgan fingerprint density at radius 3 is 2.07 bits per heavy atom. The smallest absolute Gasteiger partial charge is 0.246 e. The lowest BCUT2D eigenvalue weighted by atomic mass is 10.3. The molecule has 3 rings (SSSR count). The summed E-state index contributed by atoms with van der Waals surface area (Å²) >= 11 is 3.29. The van der Waals surface area contributed by atoms with Crippen molar-refractivity contribution in [1.82, 2.24) is 8.61 Å². The van der Waals surface area contributed by atoms with Crippen molar-refractivity contribution in [2.75, 3.05) is 33.3 Å². The number of nitrogens with zero attached hydrogens (tertiary/aromatic N) is 2. The molecule has 2 aromatic rings. The number of halogens is 1. The molecule has 1 aliphatic heterocycles. The number of ether oxygens (including phenoxy) is 1. The van der Waals surface area contributed by atoms with Crippen LogP contribution in [0.3, 0.4) is 0 Å². The fourth-order valence-corrected chi connectivity index (χ4v) is 6.74. The Morgan fingerprint density at radius 2 is 1.46 bits per heavy atom. The van der Waals surface area contributed by atoms with Crippen molar-refractivity contribution in [1.29, 1.82) is 0 Å². The van der Waals surface area contributed by atoms with Gasteiger partial charge < -0.3 is 4.74 Å². The van der Waals surface area contributed by atoms with Gasteiger partial charge in [-0.15, -0.1) is 0 Å². The summed E-state index contributed by atoms with van der Waals surface area (Å²) in [6.45, 7) is 0.661. The maximum Gasteiger partial charge on any atom is 0.246 e. The first kappa shape index (κ1) is 21.3. The first-order valence-corrected chi connectivity index (χ1v) is 12.3. The van der Waals surface area contributed by atoms with Crippen molar-refractivity contribution in [3.8, 4) is 5.75 Å². The summed E-state index contributed by atoms with van der Waals surface area (Å²) in [5.41, 5.74) is 0. The molecule has 0 amide bonds. The zero-order chi connectivity index (χ0) is 20.4. The first-order chi connectivity index (χ1) is 13.3. The average molecular weight is 489 g/mol. The summed E-state index contributed by atoms with van der Waals surface area (Å²) in [6.07, 6.45) is 0.404. The van der Waals surface area contributed by atoms with Crippen molar-refractivity contribution in [2.45, 2.75) is 16.2 Å². The van der Waals surface area contributed by atoms with Crippen LogP contribution < -0.4 is 4.74 Å². The Morgan fingerprint density at radius 1 is 0.857 bits per heavy atom. The third-order valence-corrected chi connectivity index (χ3v) is 8.86. The largest absolute Gasteiger partial charge is 0.495 e. The van der Waals surface area contributed by atoms with Crippen molar-refractivity contribution >= 4 is 36.0 Å². The molecular formula is C18H21BrN2O5S2. The van der Waals surface area contributed by atoms with E-state index in [0.29, 0.717) is 10.9 Å². The Balaban J connectivity index is 1.85. The molecule has 2 aromatic carbocycles. The second-order valence-corrected chi connectivity index (χ2v) is 11.0. The molecule has 0 aromatic heterocycles. The predicted molar refractivity (Wildman–Crippen MR) is 109 cm³/mol. The Bertz CT molecular complexity index is 1040. The fraction of sp³-hybridized carbons (Fsp3) is 0.333. The van der Waals surface area contributed by atoms with Gasteiger partial charge in [0.1, 0.15) is 10.6 Å². The summed E-state index contributed by atoms with van der Waals surface area (Å²) < 4.78 is 60.5. The van der Waals surface area contributed by atoms with E-state index >= 15 is 0 Å². The molecule has 1 saturated heterocycles. The van der Waals surface area contributed by atoms with Gasteiger partial charge in [-0.3, -0.25) is 0 Å². The Kier molecular flexibility index (Phi) is 6.45. The average Bonchev–Trinajstić information content (AvgIpc) is 2.96. The van der Waals surface area contributed by atoms with E-state index in [1.165, 1.54) is 21.8 Å². The number of methoxy groups -OCH3 is 1. The van der Waals surface area contributed by atoms with Crippen LogP contribution in [0.5, 0.6) is 5.75 Å². The maximum absolute atomic E-state index is 13.2. The van der Waals surface area contributed by atoms with Crippen molar-refractivity contribution in [2.24, 2.45) is 0 Å². The Hall–Kier alpha value is -1.46. The van der Waals surface area contributed by atoms with E-state index < -0.39 is 20.0 Å². The number of benzene rings is 2. The van der Waals surface area contributed by atoms with Crippen LogP contribution >= 0.6 is 15.9 Å². The monoisotopic (exact) mass is 488 g/mol. The summed E-state index contributed by atoms with van der Waals surface area (Å²) in [7, 11) is -6.07. The highest BCUT2D eigenvalue weighted by Gasteiger charge is 2.33. The maximum atomic E-state index is 13.2. The van der Waals surface area contributed by atoms with E-state index in [0.717, 1.165) is 0 Å². The minimum absolute atomic E-state index is 0.0590. The minimum Gasteiger partial charge on any atom is -0.495 e. The van der Waals surface area contributed by atoms with E-state index in [1.54, 1.807) is 42.5 Å². The summed E-state index contributed by atoms with van der Waals surface area (Å²) in [4.78, 5) is 0.267. The molecule has 152 valence electrons. The predicted octanol–water partition coefficient (Wildman–Crippen LogP) is 2.54. The molecule has 0 radical (unpaired) electrons. The molecule has 7 nitrogen and oxygen atoms in total. The molecule has 1 aliphatic rings. The molecular weight excluding hydrogens is 468 g/mol. The fourth-order valence-electron chi connectivity index (χ4n) is 3.08. The summed E-state index contributed by atoms with van der Waals surface area (Å²) in [6, 6.07) is 13.0. The van der Waals surface area contributed by atoms with Gasteiger partial charge in [0.2, 0.25) is 20.0 Å². The van der Waals surface area contributed by atoms with Gasteiger partial charge in [0, 0.05) is 30.7 Å². The number of rotatable bonds is 5. The lowest BCUT2D eigenvalue weighted by Gasteiger charge is -2.22. The number of sulfonamides is 2. The van der Waals surface area contributed by atoms with Gasteiger partial charge in [-0.2, -0.15) is 8.61 Å². The molecule has 0 saturated carbocycles. The third kappa shape index (κ3) is 4.25. The van der Waals surface area contributed by atoms with Crippen LogP contribution in [0.25, 0.3) is 0 Å². The highest BCUT2D eigenvalue weighted by atomic mass is 79.9. The Labute approximate surface area is 174 Å². The standard InChI is InChI=1S/C18H21BrN2O5S2/c1-26-17-9-8-15(19)14-18(17)28(24,25)21-11-5-10-20(12-13-21)27(22,23)16-6-3-2-4-7-16/h2-4,6-9,14H,5,10-13H2,1H3. The van der Waals surface area contributed by atoms with E-state index in [-0.39, 0.29) is 41.7 Å². The highest BCUT2D eigenvalue weighted by molar-refractivity contribution is 9.10. The molecule has 0 bridgehead atoms. The molecule has 0 aliphatic carbocycles. The van der Waals surface area contributed by atoms with Gasteiger partial charge in [-0.1, -0.05) is 34.1 Å². The van der Waals surface area contributed by atoms with E-state index in [2.05, 4.69) is 15.9 Å². The van der Waals surface area contributed by atoms with Gasteiger partial charge in [0.15, 0.2) is 0 Å². The van der Waals surface area contributed by atoms with Gasteiger partial charge in [0.25, 0.3) is 0 Å². The van der Waals surface area contributed by atoms with Crippen LogP contribution in [0.4, 0.5) is 0 Å². The topological polar surface area (TPSA) is 84.0 Å². The molecule has 0 atom stereocenters. The van der Waals surface area contributed by atoms with Crippen LogP contribution in [0.15, 0.2) is 62.8 Å². The van der Waals surface area contributed by atoms with E-state index in [1.807, 2.05) is 0 Å². The SMILES string of the molecule is COc1ccc(Br)cc1S(=O)(=O)N1CCCN(S(=O)(=O)c2ccccc2)CC1. The van der Waals surface area contributed by atoms with Gasteiger partial charge in [0.05, 0.1) is 12.0 Å². The lowest BCUT2D eigenvalue weighted by Crippen LogP contribution is -2.37. The highest BCUT2D eigenvalue weighted by Crippen LogP contribution is 2.30. The molecule has 10 heteroatoms. The molecule has 28 heavy (non-hydrogen) atoms. The second kappa shape index (κ2) is 8.50. The summed E-state index contributed by atoms with van der Waals surface area (Å²) in [5, 5.41) is 0. The minimum atomic E-state index is -3.83.